The monoisotopic (exact) mass is 159 g/mol. The zero-order valence-corrected chi connectivity index (χ0v) is 7.42. The highest BCUT2D eigenvalue weighted by atomic mass is 32.2. The van der Waals surface area contributed by atoms with Crippen molar-refractivity contribution in [3.8, 4) is 0 Å². The SMILES string of the molecule is CC(C)(C)C1CSC(=O)N1. The van der Waals surface area contributed by atoms with Gasteiger partial charge in [-0.2, -0.15) is 0 Å². The minimum atomic E-state index is 0.125. The Morgan fingerprint density at radius 2 is 2.20 bits per heavy atom. The fourth-order valence-electron chi connectivity index (χ4n) is 0.851. The Kier molecular flexibility index (Phi) is 1.95. The highest BCUT2D eigenvalue weighted by Gasteiger charge is 2.31. The van der Waals surface area contributed by atoms with Crippen LogP contribution in [0.25, 0.3) is 0 Å². The lowest BCUT2D eigenvalue weighted by Crippen LogP contribution is -2.38. The van der Waals surface area contributed by atoms with Crippen molar-refractivity contribution in [3.05, 3.63) is 0 Å². The number of rotatable bonds is 0. The second-order valence-corrected chi connectivity index (χ2v) is 4.65. The van der Waals surface area contributed by atoms with Crippen molar-refractivity contribution in [3.63, 3.8) is 0 Å². The minimum Gasteiger partial charge on any atom is -0.343 e. The molecule has 0 aromatic heterocycles. The van der Waals surface area contributed by atoms with Gasteiger partial charge in [-0.05, 0) is 5.41 Å². The van der Waals surface area contributed by atoms with E-state index in [1.807, 2.05) is 0 Å². The van der Waals surface area contributed by atoms with Crippen molar-refractivity contribution >= 4 is 17.0 Å². The zero-order valence-electron chi connectivity index (χ0n) is 6.60. The van der Waals surface area contributed by atoms with Gasteiger partial charge in [0.05, 0.1) is 0 Å². The molecule has 1 atom stereocenters. The minimum absolute atomic E-state index is 0.125. The first-order valence-electron chi connectivity index (χ1n) is 3.43. The van der Waals surface area contributed by atoms with E-state index in [-0.39, 0.29) is 10.7 Å². The molecule has 0 spiro atoms. The number of nitrogens with one attached hydrogen (secondary N) is 1. The fraction of sp³-hybridized carbons (Fsp3) is 0.857. The molecular weight excluding hydrogens is 146 g/mol. The van der Waals surface area contributed by atoms with E-state index in [9.17, 15) is 4.79 Å². The Balaban J connectivity index is 2.53. The van der Waals surface area contributed by atoms with Crippen LogP contribution in [0.5, 0.6) is 0 Å². The maximum absolute atomic E-state index is 10.8. The van der Waals surface area contributed by atoms with E-state index in [1.165, 1.54) is 11.8 Å². The maximum Gasteiger partial charge on any atom is 0.279 e. The topological polar surface area (TPSA) is 29.1 Å². The summed E-state index contributed by atoms with van der Waals surface area (Å²) in [4.78, 5) is 10.8. The van der Waals surface area contributed by atoms with Gasteiger partial charge in [0.2, 0.25) is 0 Å². The predicted octanol–water partition coefficient (Wildman–Crippen LogP) is 1.86. The van der Waals surface area contributed by atoms with E-state index < -0.39 is 0 Å². The molecule has 2 nitrogen and oxygen atoms in total. The van der Waals surface area contributed by atoms with Gasteiger partial charge in [0, 0.05) is 11.8 Å². The molecular formula is C7H13NOS. The van der Waals surface area contributed by atoms with Gasteiger partial charge in [-0.3, -0.25) is 4.79 Å². The molecule has 0 aromatic carbocycles. The van der Waals surface area contributed by atoms with Crippen LogP contribution in [0.1, 0.15) is 20.8 Å². The van der Waals surface area contributed by atoms with Crippen molar-refractivity contribution in [2.75, 3.05) is 5.75 Å². The van der Waals surface area contributed by atoms with Gasteiger partial charge >= 0.3 is 0 Å². The van der Waals surface area contributed by atoms with Gasteiger partial charge in [0.1, 0.15) is 0 Å². The molecule has 10 heavy (non-hydrogen) atoms. The first-order valence-corrected chi connectivity index (χ1v) is 4.42. The van der Waals surface area contributed by atoms with E-state index >= 15 is 0 Å². The molecule has 3 heteroatoms. The summed E-state index contributed by atoms with van der Waals surface area (Å²) in [5.41, 5.74) is 0.208. The molecule has 0 aliphatic carbocycles. The van der Waals surface area contributed by atoms with Crippen LogP contribution in [0.4, 0.5) is 4.79 Å². The van der Waals surface area contributed by atoms with Gasteiger partial charge < -0.3 is 5.32 Å². The van der Waals surface area contributed by atoms with Gasteiger partial charge in [-0.1, -0.05) is 32.5 Å². The number of amides is 1. The summed E-state index contributed by atoms with van der Waals surface area (Å²) < 4.78 is 0. The van der Waals surface area contributed by atoms with Crippen LogP contribution in [0.3, 0.4) is 0 Å². The van der Waals surface area contributed by atoms with Crippen molar-refractivity contribution < 1.29 is 4.79 Å². The number of carbonyl (C=O) groups excluding carboxylic acids is 1. The van der Waals surface area contributed by atoms with Crippen LogP contribution in [0.2, 0.25) is 0 Å². The molecule has 58 valence electrons. The molecule has 1 aliphatic rings. The second-order valence-electron chi connectivity index (χ2n) is 3.66. The fourth-order valence-corrected chi connectivity index (χ4v) is 1.98. The molecule has 1 amide bonds. The van der Waals surface area contributed by atoms with Crippen molar-refractivity contribution in [1.82, 2.24) is 5.32 Å². The van der Waals surface area contributed by atoms with E-state index in [0.29, 0.717) is 6.04 Å². The highest BCUT2D eigenvalue weighted by Crippen LogP contribution is 2.27. The van der Waals surface area contributed by atoms with Gasteiger partial charge in [0.15, 0.2) is 0 Å². The van der Waals surface area contributed by atoms with Gasteiger partial charge in [-0.25, -0.2) is 0 Å². The molecule has 1 rings (SSSR count). The molecule has 0 radical (unpaired) electrons. The van der Waals surface area contributed by atoms with E-state index in [4.69, 9.17) is 0 Å². The number of carbonyl (C=O) groups is 1. The molecule has 1 saturated heterocycles. The third-order valence-electron chi connectivity index (χ3n) is 1.72. The average molecular weight is 159 g/mol. The number of thioether (sulfide) groups is 1. The summed E-state index contributed by atoms with van der Waals surface area (Å²) in [6.07, 6.45) is 0. The number of hydrogen-bond acceptors (Lipinski definition) is 2. The van der Waals surface area contributed by atoms with E-state index in [1.54, 1.807) is 0 Å². The summed E-state index contributed by atoms with van der Waals surface area (Å²) in [7, 11) is 0. The lowest BCUT2D eigenvalue weighted by molar-refractivity contribution is 0.247. The van der Waals surface area contributed by atoms with Crippen LogP contribution >= 0.6 is 11.8 Å². The normalized spacial score (nSPS) is 26.7. The molecule has 1 fully saturated rings. The molecule has 0 saturated carbocycles. The summed E-state index contributed by atoms with van der Waals surface area (Å²) in [6.45, 7) is 6.43. The molecule has 0 bridgehead atoms. The summed E-state index contributed by atoms with van der Waals surface area (Å²) >= 11 is 1.38. The Bertz CT molecular complexity index is 150. The quantitative estimate of drug-likeness (QED) is 0.584. The zero-order chi connectivity index (χ0) is 7.78. The van der Waals surface area contributed by atoms with Crippen molar-refractivity contribution in [2.45, 2.75) is 26.8 Å². The van der Waals surface area contributed by atoms with Crippen LogP contribution in [-0.2, 0) is 0 Å². The van der Waals surface area contributed by atoms with Crippen LogP contribution < -0.4 is 5.32 Å². The lowest BCUT2D eigenvalue weighted by atomic mass is 9.88. The predicted molar refractivity (Wildman–Crippen MR) is 44.2 cm³/mol. The highest BCUT2D eigenvalue weighted by molar-refractivity contribution is 8.13. The van der Waals surface area contributed by atoms with Crippen LogP contribution in [-0.4, -0.2) is 17.0 Å². The molecule has 1 aliphatic heterocycles. The largest absolute Gasteiger partial charge is 0.343 e. The van der Waals surface area contributed by atoms with Crippen LogP contribution in [0.15, 0.2) is 0 Å². The molecule has 1 N–H and O–H groups in total. The smallest absolute Gasteiger partial charge is 0.279 e. The second kappa shape index (κ2) is 2.46. The Hall–Kier alpha value is -0.180. The Labute approximate surface area is 65.8 Å². The standard InChI is InChI=1S/C7H13NOS/c1-7(2,3)5-4-10-6(9)8-5/h5H,4H2,1-3H3,(H,8,9). The first-order chi connectivity index (χ1) is 4.50. The van der Waals surface area contributed by atoms with Crippen molar-refractivity contribution in [2.24, 2.45) is 5.41 Å². The molecule has 0 aromatic rings. The third-order valence-corrected chi connectivity index (χ3v) is 2.60. The van der Waals surface area contributed by atoms with Crippen LogP contribution in [0, 0.1) is 5.41 Å². The summed E-state index contributed by atoms with van der Waals surface area (Å²) in [6, 6.07) is 0.352. The average Bonchev–Trinajstić information content (AvgIpc) is 2.11. The van der Waals surface area contributed by atoms with Gasteiger partial charge in [-0.15, -0.1) is 0 Å². The Morgan fingerprint density at radius 1 is 1.60 bits per heavy atom. The first kappa shape index (κ1) is 7.92. The molecule has 1 unspecified atom stereocenters. The Morgan fingerprint density at radius 3 is 2.40 bits per heavy atom. The maximum atomic E-state index is 10.8. The summed E-state index contributed by atoms with van der Waals surface area (Å²) in [5.74, 6) is 0.919. The van der Waals surface area contributed by atoms with Crippen molar-refractivity contribution in [1.29, 1.82) is 0 Å². The molecule has 1 heterocycles. The third kappa shape index (κ3) is 1.66. The summed E-state index contributed by atoms with van der Waals surface area (Å²) in [5, 5.41) is 3.04. The van der Waals surface area contributed by atoms with E-state index in [2.05, 4.69) is 26.1 Å². The van der Waals surface area contributed by atoms with E-state index in [0.717, 1.165) is 5.75 Å². The van der Waals surface area contributed by atoms with Gasteiger partial charge in [0.25, 0.3) is 5.24 Å². The lowest BCUT2D eigenvalue weighted by Gasteiger charge is -2.25. The number of hydrogen-bond donors (Lipinski definition) is 1.